The van der Waals surface area contributed by atoms with Gasteiger partial charge in [-0.05, 0) is 17.7 Å². The SMILES string of the molecule is O=C(O)CCc1nnc(Cc2cccc(Cl)c2)o1. The Morgan fingerprint density at radius 2 is 2.11 bits per heavy atom. The molecule has 1 heterocycles. The molecule has 0 saturated carbocycles. The molecule has 1 aromatic carbocycles. The molecule has 18 heavy (non-hydrogen) atoms. The third-order valence-electron chi connectivity index (χ3n) is 2.31. The molecule has 5 nitrogen and oxygen atoms in total. The Hall–Kier alpha value is -1.88. The number of carboxylic acids is 1. The van der Waals surface area contributed by atoms with Crippen LogP contribution in [0.1, 0.15) is 23.8 Å². The van der Waals surface area contributed by atoms with E-state index in [0.717, 1.165) is 5.56 Å². The van der Waals surface area contributed by atoms with Crippen LogP contribution in [0.3, 0.4) is 0 Å². The number of aromatic nitrogens is 2. The van der Waals surface area contributed by atoms with Crippen LogP contribution in [0.5, 0.6) is 0 Å². The highest BCUT2D eigenvalue weighted by Gasteiger charge is 2.08. The summed E-state index contributed by atoms with van der Waals surface area (Å²) in [5.41, 5.74) is 0.968. The van der Waals surface area contributed by atoms with E-state index in [1.165, 1.54) is 0 Å². The van der Waals surface area contributed by atoms with E-state index < -0.39 is 5.97 Å². The zero-order valence-electron chi connectivity index (χ0n) is 9.47. The van der Waals surface area contributed by atoms with Gasteiger partial charge in [-0.1, -0.05) is 23.7 Å². The van der Waals surface area contributed by atoms with Gasteiger partial charge in [-0.3, -0.25) is 4.79 Å². The Morgan fingerprint density at radius 3 is 2.83 bits per heavy atom. The van der Waals surface area contributed by atoms with Crippen molar-refractivity contribution in [3.8, 4) is 0 Å². The van der Waals surface area contributed by atoms with Gasteiger partial charge in [0.2, 0.25) is 11.8 Å². The molecule has 0 bridgehead atoms. The summed E-state index contributed by atoms with van der Waals surface area (Å²) in [5, 5.41) is 16.9. The molecule has 0 spiro atoms. The van der Waals surface area contributed by atoms with E-state index in [1.54, 1.807) is 6.07 Å². The van der Waals surface area contributed by atoms with Gasteiger partial charge in [0.05, 0.1) is 12.8 Å². The number of hydrogen-bond donors (Lipinski definition) is 1. The molecule has 1 aromatic heterocycles. The first-order chi connectivity index (χ1) is 8.63. The summed E-state index contributed by atoms with van der Waals surface area (Å²) in [5.74, 6) is -0.0864. The van der Waals surface area contributed by atoms with Gasteiger partial charge < -0.3 is 9.52 Å². The van der Waals surface area contributed by atoms with E-state index in [2.05, 4.69) is 10.2 Å². The van der Waals surface area contributed by atoms with E-state index in [4.69, 9.17) is 21.1 Å². The van der Waals surface area contributed by atoms with Crippen molar-refractivity contribution < 1.29 is 14.3 Å². The second-order valence-electron chi connectivity index (χ2n) is 3.79. The summed E-state index contributed by atoms with van der Waals surface area (Å²) in [7, 11) is 0. The molecule has 94 valence electrons. The smallest absolute Gasteiger partial charge is 0.303 e. The molecule has 0 aliphatic carbocycles. The second-order valence-corrected chi connectivity index (χ2v) is 4.23. The Morgan fingerprint density at radius 1 is 1.33 bits per heavy atom. The summed E-state index contributed by atoms with van der Waals surface area (Å²) in [6, 6.07) is 7.37. The van der Waals surface area contributed by atoms with Crippen LogP contribution in [-0.2, 0) is 17.6 Å². The Kier molecular flexibility index (Phi) is 3.94. The van der Waals surface area contributed by atoms with Crippen LogP contribution in [0.4, 0.5) is 0 Å². The number of hydrogen-bond acceptors (Lipinski definition) is 4. The molecule has 2 rings (SSSR count). The molecule has 6 heteroatoms. The van der Waals surface area contributed by atoms with Crippen molar-refractivity contribution in [2.45, 2.75) is 19.3 Å². The van der Waals surface area contributed by atoms with E-state index >= 15 is 0 Å². The number of benzene rings is 1. The molecule has 0 aliphatic heterocycles. The lowest BCUT2D eigenvalue weighted by Crippen LogP contribution is -1.97. The lowest BCUT2D eigenvalue weighted by molar-refractivity contribution is -0.137. The van der Waals surface area contributed by atoms with Gasteiger partial charge >= 0.3 is 5.97 Å². The second kappa shape index (κ2) is 5.64. The fourth-order valence-corrected chi connectivity index (χ4v) is 1.71. The zero-order valence-corrected chi connectivity index (χ0v) is 10.2. The Balaban J connectivity index is 2.00. The van der Waals surface area contributed by atoms with Crippen LogP contribution >= 0.6 is 11.6 Å². The van der Waals surface area contributed by atoms with Crippen LogP contribution in [0.15, 0.2) is 28.7 Å². The minimum absolute atomic E-state index is 0.0151. The van der Waals surface area contributed by atoms with Crippen molar-refractivity contribution in [1.82, 2.24) is 10.2 Å². The summed E-state index contributed by atoms with van der Waals surface area (Å²) in [6.45, 7) is 0. The van der Waals surface area contributed by atoms with Crippen molar-refractivity contribution in [3.05, 3.63) is 46.6 Å². The highest BCUT2D eigenvalue weighted by Crippen LogP contribution is 2.14. The van der Waals surface area contributed by atoms with Crippen molar-refractivity contribution >= 4 is 17.6 Å². The molecule has 0 fully saturated rings. The molecule has 0 radical (unpaired) electrons. The number of halogens is 1. The highest BCUT2D eigenvalue weighted by atomic mass is 35.5. The third kappa shape index (κ3) is 3.56. The van der Waals surface area contributed by atoms with Crippen LogP contribution in [0.2, 0.25) is 5.02 Å². The molecule has 0 amide bonds. The van der Waals surface area contributed by atoms with E-state index in [1.807, 2.05) is 18.2 Å². The van der Waals surface area contributed by atoms with Crippen molar-refractivity contribution in [2.75, 3.05) is 0 Å². The fourth-order valence-electron chi connectivity index (χ4n) is 1.50. The molecular formula is C12H11ClN2O3. The monoisotopic (exact) mass is 266 g/mol. The largest absolute Gasteiger partial charge is 0.481 e. The van der Waals surface area contributed by atoms with Gasteiger partial charge in [0.15, 0.2) is 0 Å². The van der Waals surface area contributed by atoms with Gasteiger partial charge in [-0.25, -0.2) is 0 Å². The Bertz CT molecular complexity index is 554. The first kappa shape index (κ1) is 12.6. The third-order valence-corrected chi connectivity index (χ3v) is 2.54. The van der Waals surface area contributed by atoms with Crippen LogP contribution < -0.4 is 0 Å². The summed E-state index contributed by atoms with van der Waals surface area (Å²) in [6.07, 6.45) is 0.720. The topological polar surface area (TPSA) is 76.2 Å². The number of carbonyl (C=O) groups is 1. The predicted octanol–water partition coefficient (Wildman–Crippen LogP) is 2.33. The average Bonchev–Trinajstić information content (AvgIpc) is 2.74. The average molecular weight is 267 g/mol. The van der Waals surface area contributed by atoms with Gasteiger partial charge in [0.25, 0.3) is 0 Å². The maximum atomic E-state index is 10.4. The van der Waals surface area contributed by atoms with Gasteiger partial charge in [0, 0.05) is 11.4 Å². The van der Waals surface area contributed by atoms with Gasteiger partial charge in [0.1, 0.15) is 0 Å². The number of rotatable bonds is 5. The molecular weight excluding hydrogens is 256 g/mol. The minimum Gasteiger partial charge on any atom is -0.481 e. The van der Waals surface area contributed by atoms with Crippen molar-refractivity contribution in [2.24, 2.45) is 0 Å². The summed E-state index contributed by atoms with van der Waals surface area (Å²) >= 11 is 5.87. The zero-order chi connectivity index (χ0) is 13.0. The molecule has 0 aliphatic rings. The predicted molar refractivity (Wildman–Crippen MR) is 64.5 cm³/mol. The molecule has 2 aromatic rings. The summed E-state index contributed by atoms with van der Waals surface area (Å²) in [4.78, 5) is 10.4. The van der Waals surface area contributed by atoms with Crippen LogP contribution in [0.25, 0.3) is 0 Å². The molecule has 0 saturated heterocycles. The number of aryl methyl sites for hydroxylation is 1. The first-order valence-electron chi connectivity index (χ1n) is 5.41. The number of aliphatic carboxylic acids is 1. The molecule has 1 N–H and O–H groups in total. The summed E-state index contributed by atoms with van der Waals surface area (Å²) < 4.78 is 5.35. The van der Waals surface area contributed by atoms with E-state index in [0.29, 0.717) is 23.2 Å². The maximum Gasteiger partial charge on any atom is 0.303 e. The standard InChI is InChI=1S/C12H11ClN2O3/c13-9-3-1-2-8(6-9)7-11-15-14-10(18-11)4-5-12(16)17/h1-3,6H,4-5,7H2,(H,16,17). The number of nitrogens with zero attached hydrogens (tertiary/aromatic N) is 2. The van der Waals surface area contributed by atoms with Crippen LogP contribution in [0, 0.1) is 0 Å². The maximum absolute atomic E-state index is 10.4. The van der Waals surface area contributed by atoms with Crippen LogP contribution in [-0.4, -0.2) is 21.3 Å². The quantitative estimate of drug-likeness (QED) is 0.899. The van der Waals surface area contributed by atoms with Crippen molar-refractivity contribution in [1.29, 1.82) is 0 Å². The first-order valence-corrected chi connectivity index (χ1v) is 5.79. The van der Waals surface area contributed by atoms with Gasteiger partial charge in [-0.2, -0.15) is 0 Å². The van der Waals surface area contributed by atoms with Crippen molar-refractivity contribution in [3.63, 3.8) is 0 Å². The molecule has 0 unspecified atom stereocenters. The van der Waals surface area contributed by atoms with Gasteiger partial charge in [-0.15, -0.1) is 10.2 Å². The fraction of sp³-hybridized carbons (Fsp3) is 0.250. The minimum atomic E-state index is -0.885. The lowest BCUT2D eigenvalue weighted by Gasteiger charge is -1.97. The normalized spacial score (nSPS) is 10.5. The van der Waals surface area contributed by atoms with E-state index in [-0.39, 0.29) is 12.8 Å². The lowest BCUT2D eigenvalue weighted by atomic mass is 10.1. The van der Waals surface area contributed by atoms with E-state index in [9.17, 15) is 4.79 Å². The number of carboxylic acid groups (broad SMARTS) is 1. The Labute approximate surface area is 108 Å². The molecule has 0 atom stereocenters. The highest BCUT2D eigenvalue weighted by molar-refractivity contribution is 6.30.